The number of rotatable bonds is 3. The molecule has 0 spiro atoms. The fraction of sp³-hybridized carbons (Fsp3) is 0.133. The fourth-order valence-corrected chi connectivity index (χ4v) is 2.61. The Bertz CT molecular complexity index is 815. The summed E-state index contributed by atoms with van der Waals surface area (Å²) in [6, 6.07) is 8.61. The second-order valence-electron chi connectivity index (χ2n) is 4.53. The number of imidazole rings is 1. The van der Waals surface area contributed by atoms with Gasteiger partial charge in [-0.05, 0) is 30.3 Å². The van der Waals surface area contributed by atoms with Crippen LogP contribution < -0.4 is 0 Å². The largest absolute Gasteiger partial charge is 0.293 e. The Balaban J connectivity index is 2.30. The average molecular weight is 327 g/mol. The van der Waals surface area contributed by atoms with E-state index in [1.807, 2.05) is 0 Å². The molecule has 1 heterocycles. The predicted molar refractivity (Wildman–Crippen MR) is 80.4 cm³/mol. The Kier molecular flexibility index (Phi) is 3.83. The third-order valence-electron chi connectivity index (χ3n) is 3.15. The molecular formula is C15H10Cl2F2N2. The average Bonchev–Trinajstić information content (AvgIpc) is 2.76. The molecule has 21 heavy (non-hydrogen) atoms. The van der Waals surface area contributed by atoms with Gasteiger partial charge in [-0.2, -0.15) is 0 Å². The summed E-state index contributed by atoms with van der Waals surface area (Å²) in [6.45, 7) is 0. The molecule has 0 atom stereocenters. The third-order valence-corrected chi connectivity index (χ3v) is 3.58. The minimum atomic E-state index is -0.470. The highest BCUT2D eigenvalue weighted by atomic mass is 35.5. The number of alkyl halides is 1. The van der Waals surface area contributed by atoms with E-state index in [9.17, 15) is 8.78 Å². The van der Waals surface area contributed by atoms with Gasteiger partial charge in [-0.3, -0.25) is 4.57 Å². The summed E-state index contributed by atoms with van der Waals surface area (Å²) in [5, 5.41) is 0.311. The highest BCUT2D eigenvalue weighted by Crippen LogP contribution is 2.26. The van der Waals surface area contributed by atoms with E-state index in [0.29, 0.717) is 39.9 Å². The first kappa shape index (κ1) is 14.3. The van der Waals surface area contributed by atoms with Gasteiger partial charge in [0.15, 0.2) is 0 Å². The Morgan fingerprint density at radius 2 is 1.90 bits per heavy atom. The van der Waals surface area contributed by atoms with Crippen LogP contribution in [0.25, 0.3) is 16.7 Å². The van der Waals surface area contributed by atoms with E-state index in [0.717, 1.165) is 0 Å². The zero-order chi connectivity index (χ0) is 15.0. The van der Waals surface area contributed by atoms with Crippen molar-refractivity contribution in [3.05, 3.63) is 58.9 Å². The molecule has 3 aromatic rings. The van der Waals surface area contributed by atoms with E-state index in [1.165, 1.54) is 18.2 Å². The fourth-order valence-electron chi connectivity index (χ4n) is 2.29. The lowest BCUT2D eigenvalue weighted by atomic mass is 10.2. The first-order valence-electron chi connectivity index (χ1n) is 6.28. The predicted octanol–water partition coefficient (Wildman–Crippen LogP) is 4.74. The molecule has 0 aliphatic rings. The number of benzene rings is 2. The molecule has 0 aliphatic carbocycles. The lowest BCUT2D eigenvalue weighted by Gasteiger charge is -2.10. The molecule has 0 bridgehead atoms. The van der Waals surface area contributed by atoms with Gasteiger partial charge in [0.05, 0.1) is 16.7 Å². The molecule has 0 saturated carbocycles. The van der Waals surface area contributed by atoms with Crippen LogP contribution in [0.1, 0.15) is 5.82 Å². The van der Waals surface area contributed by atoms with Crippen molar-refractivity contribution in [1.29, 1.82) is 0 Å². The molecular weight excluding hydrogens is 317 g/mol. The van der Waals surface area contributed by atoms with Crippen LogP contribution in [0, 0.1) is 11.6 Å². The van der Waals surface area contributed by atoms with Crippen LogP contribution in [-0.4, -0.2) is 15.4 Å². The summed E-state index contributed by atoms with van der Waals surface area (Å²) in [6.07, 6.45) is 0.444. The molecule has 0 amide bonds. The minimum absolute atomic E-state index is 0.311. The van der Waals surface area contributed by atoms with Gasteiger partial charge >= 0.3 is 0 Å². The molecule has 108 valence electrons. The summed E-state index contributed by atoms with van der Waals surface area (Å²) < 4.78 is 29.2. The van der Waals surface area contributed by atoms with E-state index >= 15 is 0 Å². The molecule has 3 rings (SSSR count). The summed E-state index contributed by atoms with van der Waals surface area (Å²) in [7, 11) is 0. The summed E-state index contributed by atoms with van der Waals surface area (Å²) in [5.41, 5.74) is 1.40. The summed E-state index contributed by atoms with van der Waals surface area (Å²) in [4.78, 5) is 4.34. The number of halogens is 4. The smallest absolute Gasteiger partial charge is 0.148 e. The van der Waals surface area contributed by atoms with E-state index in [-0.39, 0.29) is 5.82 Å². The highest BCUT2D eigenvalue weighted by molar-refractivity contribution is 6.30. The van der Waals surface area contributed by atoms with Crippen LogP contribution in [0.2, 0.25) is 5.02 Å². The van der Waals surface area contributed by atoms with Gasteiger partial charge in [-0.1, -0.05) is 11.6 Å². The van der Waals surface area contributed by atoms with Crippen LogP contribution in [0.3, 0.4) is 0 Å². The maximum Gasteiger partial charge on any atom is 0.148 e. The monoisotopic (exact) mass is 326 g/mol. The lowest BCUT2D eigenvalue weighted by Crippen LogP contribution is -2.04. The molecule has 1 aromatic heterocycles. The Labute approximate surface area is 129 Å². The topological polar surface area (TPSA) is 17.8 Å². The Morgan fingerprint density at radius 3 is 2.62 bits per heavy atom. The number of nitrogens with zero attached hydrogens (tertiary/aromatic N) is 2. The van der Waals surface area contributed by atoms with Crippen molar-refractivity contribution in [2.45, 2.75) is 6.42 Å². The van der Waals surface area contributed by atoms with E-state index in [2.05, 4.69) is 4.98 Å². The standard InChI is InChI=1S/C15H10Cl2F2N2/c16-6-5-15-20-12-8-10(18)2-4-14(12)21(15)13-3-1-9(17)7-11(13)19/h1-4,7-8H,5-6H2. The van der Waals surface area contributed by atoms with Gasteiger partial charge in [0.25, 0.3) is 0 Å². The van der Waals surface area contributed by atoms with Crippen molar-refractivity contribution in [3.63, 3.8) is 0 Å². The van der Waals surface area contributed by atoms with Crippen molar-refractivity contribution in [1.82, 2.24) is 9.55 Å². The first-order chi connectivity index (χ1) is 10.1. The van der Waals surface area contributed by atoms with Crippen molar-refractivity contribution >= 4 is 34.2 Å². The molecule has 2 nitrogen and oxygen atoms in total. The molecule has 0 saturated heterocycles. The number of fused-ring (bicyclic) bond motifs is 1. The Morgan fingerprint density at radius 1 is 1.10 bits per heavy atom. The van der Waals surface area contributed by atoms with Crippen LogP contribution in [0.15, 0.2) is 36.4 Å². The number of hydrogen-bond donors (Lipinski definition) is 0. The molecule has 0 aliphatic heterocycles. The normalized spacial score (nSPS) is 11.2. The maximum atomic E-state index is 14.2. The van der Waals surface area contributed by atoms with Gasteiger partial charge in [0.1, 0.15) is 17.5 Å². The third kappa shape index (κ3) is 2.61. The van der Waals surface area contributed by atoms with Crippen molar-refractivity contribution in [3.8, 4) is 5.69 Å². The highest BCUT2D eigenvalue weighted by Gasteiger charge is 2.15. The van der Waals surface area contributed by atoms with Crippen LogP contribution in [0.5, 0.6) is 0 Å². The molecule has 6 heteroatoms. The first-order valence-corrected chi connectivity index (χ1v) is 7.19. The minimum Gasteiger partial charge on any atom is -0.293 e. The molecule has 0 fully saturated rings. The zero-order valence-electron chi connectivity index (χ0n) is 10.8. The SMILES string of the molecule is Fc1ccc2c(c1)nc(CCCl)n2-c1ccc(Cl)cc1F. The van der Waals surface area contributed by atoms with Crippen molar-refractivity contribution in [2.24, 2.45) is 0 Å². The number of hydrogen-bond acceptors (Lipinski definition) is 1. The summed E-state index contributed by atoms with van der Waals surface area (Å²) >= 11 is 11.6. The van der Waals surface area contributed by atoms with Crippen LogP contribution in [0.4, 0.5) is 8.78 Å². The van der Waals surface area contributed by atoms with Gasteiger partial charge in [-0.25, -0.2) is 13.8 Å². The van der Waals surface area contributed by atoms with E-state index in [1.54, 1.807) is 22.8 Å². The molecule has 0 unspecified atom stereocenters. The Hall–Kier alpha value is -1.65. The van der Waals surface area contributed by atoms with Gasteiger partial charge in [-0.15, -0.1) is 11.6 Å². The maximum absolute atomic E-state index is 14.2. The number of aromatic nitrogens is 2. The van der Waals surface area contributed by atoms with Gasteiger partial charge in [0.2, 0.25) is 0 Å². The van der Waals surface area contributed by atoms with E-state index < -0.39 is 5.82 Å². The van der Waals surface area contributed by atoms with Crippen molar-refractivity contribution < 1.29 is 8.78 Å². The second kappa shape index (κ2) is 5.62. The zero-order valence-corrected chi connectivity index (χ0v) is 12.3. The van der Waals surface area contributed by atoms with Crippen LogP contribution in [-0.2, 0) is 6.42 Å². The second-order valence-corrected chi connectivity index (χ2v) is 5.35. The molecule has 0 radical (unpaired) electrons. The van der Waals surface area contributed by atoms with Gasteiger partial charge in [0, 0.05) is 23.4 Å². The van der Waals surface area contributed by atoms with Crippen molar-refractivity contribution in [2.75, 3.05) is 5.88 Å². The van der Waals surface area contributed by atoms with Crippen LogP contribution >= 0.6 is 23.2 Å². The number of aryl methyl sites for hydroxylation is 1. The molecule has 2 aromatic carbocycles. The quantitative estimate of drug-likeness (QED) is 0.636. The lowest BCUT2D eigenvalue weighted by molar-refractivity contribution is 0.617. The molecule has 0 N–H and O–H groups in total. The van der Waals surface area contributed by atoms with E-state index in [4.69, 9.17) is 23.2 Å². The van der Waals surface area contributed by atoms with Gasteiger partial charge < -0.3 is 0 Å². The summed E-state index contributed by atoms with van der Waals surface area (Å²) in [5.74, 6) is 0.0519.